The minimum absolute atomic E-state index is 0.0391. The van der Waals surface area contributed by atoms with Gasteiger partial charge in [-0.15, -0.1) is 0 Å². The number of nitrogen functional groups attached to an aromatic ring is 1. The zero-order chi connectivity index (χ0) is 35.6. The summed E-state index contributed by atoms with van der Waals surface area (Å²) in [5.74, 6) is -2.04. The molecule has 0 saturated carbocycles. The molecule has 3 aromatic carbocycles. The van der Waals surface area contributed by atoms with Crippen molar-refractivity contribution in [1.82, 2.24) is 20.9 Å². The van der Waals surface area contributed by atoms with Gasteiger partial charge in [0, 0.05) is 36.3 Å². The number of fused-ring (bicyclic) bond motifs is 2. The van der Waals surface area contributed by atoms with Crippen LogP contribution in [0.25, 0.3) is 10.9 Å². The number of hydrogen-bond acceptors (Lipinski definition) is 9. The average molecular weight is 681 g/mol. The number of hydrogen-bond donors (Lipinski definition) is 8. The van der Waals surface area contributed by atoms with E-state index in [2.05, 4.69) is 31.2 Å². The maximum Gasteiger partial charge on any atom is 0.274 e. The molecule has 1 aromatic heterocycles. The summed E-state index contributed by atoms with van der Waals surface area (Å²) in [4.78, 5) is 61.9. The molecule has 0 fully saturated rings. The van der Waals surface area contributed by atoms with E-state index in [4.69, 9.17) is 27.7 Å². The number of benzene rings is 3. The van der Waals surface area contributed by atoms with Gasteiger partial charge < -0.3 is 48.9 Å². The number of carbonyl (C=O) groups excluding carboxylic acids is 4. The number of aromatic nitrogens is 1. The Balaban J connectivity index is 1.39. The predicted molar refractivity (Wildman–Crippen MR) is 190 cm³/mol. The maximum absolute atomic E-state index is 13.7. The first-order chi connectivity index (χ1) is 24.0. The summed E-state index contributed by atoms with van der Waals surface area (Å²) in [6.45, 7) is 0.0250. The van der Waals surface area contributed by atoms with E-state index in [1.165, 1.54) is 6.07 Å². The molecule has 260 valence electrons. The number of anilines is 2. The zero-order valence-electron chi connectivity index (χ0n) is 27.2. The van der Waals surface area contributed by atoms with Crippen molar-refractivity contribution in [2.75, 3.05) is 30.7 Å². The quantitative estimate of drug-likeness (QED) is 0.0562. The number of carbonyl (C=O) groups is 4. The van der Waals surface area contributed by atoms with E-state index >= 15 is 0 Å². The molecule has 15 nitrogen and oxygen atoms in total. The van der Waals surface area contributed by atoms with Crippen molar-refractivity contribution in [2.45, 2.75) is 37.4 Å². The van der Waals surface area contributed by atoms with E-state index in [1.54, 1.807) is 54.6 Å². The van der Waals surface area contributed by atoms with Crippen molar-refractivity contribution in [3.63, 3.8) is 0 Å². The van der Waals surface area contributed by atoms with Gasteiger partial charge in [-0.3, -0.25) is 24.2 Å². The van der Waals surface area contributed by atoms with Crippen LogP contribution in [-0.4, -0.2) is 72.4 Å². The minimum atomic E-state index is -1.19. The number of nitrogens with zero attached hydrogens (tertiary/aromatic N) is 2. The van der Waals surface area contributed by atoms with Gasteiger partial charge in [-0.2, -0.15) is 0 Å². The predicted octanol–water partition coefficient (Wildman–Crippen LogP) is 0.785. The molecule has 3 atom stereocenters. The first-order valence-electron chi connectivity index (χ1n) is 16.0. The highest BCUT2D eigenvalue weighted by atomic mass is 16.5. The Bertz CT molecular complexity index is 1890. The molecule has 4 amide bonds. The SMILES string of the molecule is NC(N)=NCCC[C@H]1COc2ccc(NC(=O)c3ccc4ccccc4n3)cc2C(=O)NC[C@@H](N)C(=O)N[C@@H](Cc2ccc(N)cc2)C(=O)N1. The number of ether oxygens (including phenoxy) is 1. The molecule has 50 heavy (non-hydrogen) atoms. The first-order valence-corrected chi connectivity index (χ1v) is 16.0. The summed E-state index contributed by atoms with van der Waals surface area (Å²) >= 11 is 0. The molecule has 15 heteroatoms. The summed E-state index contributed by atoms with van der Waals surface area (Å²) in [6, 6.07) is 19.6. The highest BCUT2D eigenvalue weighted by Crippen LogP contribution is 2.25. The lowest BCUT2D eigenvalue weighted by Crippen LogP contribution is -2.56. The van der Waals surface area contributed by atoms with Gasteiger partial charge in [-0.1, -0.05) is 36.4 Å². The van der Waals surface area contributed by atoms with E-state index in [9.17, 15) is 19.2 Å². The summed E-state index contributed by atoms with van der Waals surface area (Å²) < 4.78 is 6.13. The van der Waals surface area contributed by atoms with Gasteiger partial charge in [0.1, 0.15) is 30.1 Å². The largest absolute Gasteiger partial charge is 0.491 e. The number of amides is 4. The van der Waals surface area contributed by atoms with Gasteiger partial charge in [0.05, 0.1) is 17.1 Å². The number of nitrogens with one attached hydrogen (secondary N) is 4. The molecule has 0 saturated heterocycles. The van der Waals surface area contributed by atoms with Gasteiger partial charge >= 0.3 is 0 Å². The van der Waals surface area contributed by atoms with Gasteiger partial charge in [-0.25, -0.2) is 4.98 Å². The molecule has 1 aliphatic rings. The molecule has 0 aliphatic carbocycles. The van der Waals surface area contributed by atoms with Crippen LogP contribution in [-0.2, 0) is 16.0 Å². The third kappa shape index (κ3) is 9.44. The zero-order valence-corrected chi connectivity index (χ0v) is 27.2. The van der Waals surface area contributed by atoms with Crippen LogP contribution < -0.4 is 48.9 Å². The summed E-state index contributed by atoms with van der Waals surface area (Å²) in [6.07, 6.45) is 1.05. The summed E-state index contributed by atoms with van der Waals surface area (Å²) in [7, 11) is 0. The van der Waals surface area contributed by atoms with Crippen LogP contribution in [0.2, 0.25) is 0 Å². The van der Waals surface area contributed by atoms with Crippen molar-refractivity contribution < 1.29 is 23.9 Å². The second kappa shape index (κ2) is 16.3. The van der Waals surface area contributed by atoms with E-state index < -0.39 is 41.8 Å². The number of aliphatic imine (C=N–C) groups is 1. The molecule has 5 rings (SSSR count). The normalized spacial score (nSPS) is 18.3. The Hall–Kier alpha value is -6.22. The van der Waals surface area contributed by atoms with Crippen molar-refractivity contribution in [3.8, 4) is 5.75 Å². The summed E-state index contributed by atoms with van der Waals surface area (Å²) in [5.41, 5.74) is 25.5. The number of pyridine rings is 1. The Morgan fingerprint density at radius 1 is 0.960 bits per heavy atom. The van der Waals surface area contributed by atoms with Crippen molar-refractivity contribution in [2.24, 2.45) is 22.2 Å². The molecular weight excluding hydrogens is 640 g/mol. The molecule has 0 unspecified atom stereocenters. The van der Waals surface area contributed by atoms with Gasteiger partial charge in [0.15, 0.2) is 5.96 Å². The fraction of sp³-hybridized carbons (Fsp3) is 0.257. The minimum Gasteiger partial charge on any atom is -0.491 e. The van der Waals surface area contributed by atoms with Crippen molar-refractivity contribution in [1.29, 1.82) is 0 Å². The van der Waals surface area contributed by atoms with Crippen molar-refractivity contribution in [3.05, 3.63) is 95.7 Å². The molecule has 1 aliphatic heterocycles. The highest BCUT2D eigenvalue weighted by Gasteiger charge is 2.28. The Morgan fingerprint density at radius 2 is 1.74 bits per heavy atom. The number of rotatable bonds is 8. The van der Waals surface area contributed by atoms with E-state index in [-0.39, 0.29) is 42.5 Å². The van der Waals surface area contributed by atoms with Crippen LogP contribution in [0.15, 0.2) is 83.9 Å². The van der Waals surface area contributed by atoms with Crippen LogP contribution in [0.3, 0.4) is 0 Å². The highest BCUT2D eigenvalue weighted by molar-refractivity contribution is 6.05. The lowest BCUT2D eigenvalue weighted by atomic mass is 10.0. The third-order valence-electron chi connectivity index (χ3n) is 7.98. The second-order valence-corrected chi connectivity index (χ2v) is 11.8. The fourth-order valence-corrected chi connectivity index (χ4v) is 5.30. The Kier molecular flexibility index (Phi) is 11.4. The molecule has 12 N–H and O–H groups in total. The molecular formula is C35H40N10O5. The molecule has 0 radical (unpaired) electrons. The Labute approximate surface area is 288 Å². The first kappa shape index (κ1) is 35.1. The maximum atomic E-state index is 13.7. The summed E-state index contributed by atoms with van der Waals surface area (Å²) in [5, 5.41) is 12.0. The molecule has 0 bridgehead atoms. The number of para-hydroxylation sites is 1. The van der Waals surface area contributed by atoms with Crippen molar-refractivity contribution >= 4 is 51.9 Å². The lowest BCUT2D eigenvalue weighted by molar-refractivity contribution is -0.130. The average Bonchev–Trinajstić information content (AvgIpc) is 3.11. The van der Waals surface area contributed by atoms with Crippen LogP contribution in [0, 0.1) is 0 Å². The van der Waals surface area contributed by atoms with Crippen LogP contribution in [0.5, 0.6) is 5.75 Å². The van der Waals surface area contributed by atoms with Crippen LogP contribution in [0.1, 0.15) is 39.3 Å². The van der Waals surface area contributed by atoms with E-state index in [1.807, 2.05) is 18.2 Å². The van der Waals surface area contributed by atoms with E-state index in [0.717, 1.165) is 10.9 Å². The Morgan fingerprint density at radius 3 is 2.52 bits per heavy atom. The smallest absolute Gasteiger partial charge is 0.274 e. The van der Waals surface area contributed by atoms with Crippen LogP contribution in [0.4, 0.5) is 11.4 Å². The van der Waals surface area contributed by atoms with Gasteiger partial charge in [0.25, 0.3) is 11.8 Å². The monoisotopic (exact) mass is 680 g/mol. The van der Waals surface area contributed by atoms with Crippen LogP contribution >= 0.6 is 0 Å². The molecule has 4 aromatic rings. The standard InChI is InChI=1S/C35H40N10O5/c36-22-10-7-20(8-11-22)16-29-34(49)43-24(5-3-15-40-35(38)39)19-50-30-14-12-23(17-25(30)31(46)41-18-26(37)32(47)45-29)42-33(48)28-13-9-21-4-1-2-6-27(21)44-28/h1-2,4,6-14,17,24,26,29H,3,5,15-16,18-19,36-37H2,(H,41,46)(H,42,48)(H,43,49)(H,45,47)(H4,38,39,40)/t24-,26+,29-/m0/s1. The number of guanidine groups is 1. The second-order valence-electron chi connectivity index (χ2n) is 11.8. The molecule has 2 heterocycles. The topological polar surface area (TPSA) is 255 Å². The molecule has 0 spiro atoms. The van der Waals surface area contributed by atoms with Gasteiger partial charge in [-0.05, 0) is 60.9 Å². The third-order valence-corrected chi connectivity index (χ3v) is 7.98. The van der Waals surface area contributed by atoms with Gasteiger partial charge in [0.2, 0.25) is 11.8 Å². The number of nitrogens with two attached hydrogens (primary N) is 4. The fourth-order valence-electron chi connectivity index (χ4n) is 5.30. The van der Waals surface area contributed by atoms with E-state index in [0.29, 0.717) is 36.3 Å². The lowest BCUT2D eigenvalue weighted by Gasteiger charge is -2.26.